The van der Waals surface area contributed by atoms with Gasteiger partial charge in [0, 0.05) is 11.6 Å². The van der Waals surface area contributed by atoms with Gasteiger partial charge in [0.1, 0.15) is 0 Å². The topological polar surface area (TPSA) is 59.3 Å². The van der Waals surface area contributed by atoms with E-state index in [1.54, 1.807) is 0 Å². The molecule has 4 nitrogen and oxygen atoms in total. The zero-order valence-corrected chi connectivity index (χ0v) is 5.94. The Morgan fingerprint density at radius 1 is 1.55 bits per heavy atom. The van der Waals surface area contributed by atoms with Crippen molar-refractivity contribution in [2.75, 3.05) is 0 Å². The first-order valence-corrected chi connectivity index (χ1v) is 3.04. The monoisotopic (exact) mass is 153 g/mol. The third-order valence-electron chi connectivity index (χ3n) is 1.30. The molecule has 0 aliphatic carbocycles. The van der Waals surface area contributed by atoms with Gasteiger partial charge in [-0.1, -0.05) is 0 Å². The molecule has 0 fully saturated rings. The number of hydrogen-bond donors (Lipinski definition) is 1. The molecule has 0 saturated carbocycles. The van der Waals surface area contributed by atoms with E-state index in [-0.39, 0.29) is 5.78 Å². The van der Waals surface area contributed by atoms with Crippen LogP contribution in [0.25, 0.3) is 0 Å². The molecule has 4 heteroatoms. The summed E-state index contributed by atoms with van der Waals surface area (Å²) >= 11 is 0. The molecule has 0 spiro atoms. The highest BCUT2D eigenvalue weighted by Crippen LogP contribution is 1.94. The molecule has 11 heavy (non-hydrogen) atoms. The summed E-state index contributed by atoms with van der Waals surface area (Å²) in [6, 6.07) is 2.51. The third-order valence-corrected chi connectivity index (χ3v) is 1.30. The molecule has 1 heterocycles. The van der Waals surface area contributed by atoms with E-state index in [1.807, 2.05) is 0 Å². The van der Waals surface area contributed by atoms with Crippen molar-refractivity contribution in [3.05, 3.63) is 34.2 Å². The third kappa shape index (κ3) is 1.46. The zero-order chi connectivity index (χ0) is 8.43. The van der Waals surface area contributed by atoms with Crippen molar-refractivity contribution in [2.45, 2.75) is 6.92 Å². The Morgan fingerprint density at radius 3 is 2.64 bits per heavy atom. The van der Waals surface area contributed by atoms with Crippen LogP contribution in [0.15, 0.2) is 23.1 Å². The lowest BCUT2D eigenvalue weighted by Gasteiger charge is -1.96. The Labute approximate surface area is 62.7 Å². The van der Waals surface area contributed by atoms with Crippen LogP contribution in [0.1, 0.15) is 17.3 Å². The van der Waals surface area contributed by atoms with Crippen molar-refractivity contribution in [1.82, 2.24) is 4.73 Å². The Balaban J connectivity index is 3.26. The molecule has 1 aromatic heterocycles. The first-order chi connectivity index (χ1) is 5.11. The molecule has 0 atom stereocenters. The molecule has 0 unspecified atom stereocenters. The highest BCUT2D eigenvalue weighted by atomic mass is 16.5. The Hall–Kier alpha value is -1.58. The summed E-state index contributed by atoms with van der Waals surface area (Å²) in [6.45, 7) is 1.36. The molecule has 1 N–H and O–H groups in total. The zero-order valence-electron chi connectivity index (χ0n) is 5.94. The number of pyridine rings is 1. The van der Waals surface area contributed by atoms with Gasteiger partial charge in [-0.05, 0) is 13.0 Å². The van der Waals surface area contributed by atoms with Crippen molar-refractivity contribution in [2.24, 2.45) is 0 Å². The van der Waals surface area contributed by atoms with Crippen LogP contribution in [-0.4, -0.2) is 15.7 Å². The van der Waals surface area contributed by atoms with Gasteiger partial charge in [-0.25, -0.2) is 0 Å². The van der Waals surface area contributed by atoms with Gasteiger partial charge in [0.15, 0.2) is 5.78 Å². The molecule has 0 aliphatic rings. The van der Waals surface area contributed by atoms with Gasteiger partial charge in [0.05, 0.1) is 6.20 Å². The van der Waals surface area contributed by atoms with E-state index in [1.165, 1.54) is 13.0 Å². The van der Waals surface area contributed by atoms with Crippen LogP contribution < -0.4 is 5.56 Å². The number of ketones is 1. The van der Waals surface area contributed by atoms with Crippen molar-refractivity contribution >= 4 is 5.78 Å². The van der Waals surface area contributed by atoms with E-state index in [9.17, 15) is 9.59 Å². The van der Waals surface area contributed by atoms with Crippen LogP contribution in [0.5, 0.6) is 0 Å². The Bertz CT molecular complexity index is 340. The second-order valence-electron chi connectivity index (χ2n) is 2.16. The number of aromatic nitrogens is 1. The molecule has 0 amide bonds. The first kappa shape index (κ1) is 7.53. The second kappa shape index (κ2) is 2.57. The molecular weight excluding hydrogens is 146 g/mol. The fourth-order valence-corrected chi connectivity index (χ4v) is 0.684. The predicted molar refractivity (Wildman–Crippen MR) is 37.9 cm³/mol. The minimum atomic E-state index is -0.546. The van der Waals surface area contributed by atoms with Crippen molar-refractivity contribution in [1.29, 1.82) is 0 Å². The fraction of sp³-hybridized carbons (Fsp3) is 0.143. The maximum atomic E-state index is 10.7. The van der Waals surface area contributed by atoms with Gasteiger partial charge in [-0.3, -0.25) is 9.59 Å². The van der Waals surface area contributed by atoms with Crippen molar-refractivity contribution < 1.29 is 10.0 Å². The van der Waals surface area contributed by atoms with Gasteiger partial charge in [0.25, 0.3) is 5.56 Å². The largest absolute Gasteiger partial charge is 0.425 e. The Kier molecular flexibility index (Phi) is 1.76. The first-order valence-electron chi connectivity index (χ1n) is 3.04. The quantitative estimate of drug-likeness (QED) is 0.466. The maximum absolute atomic E-state index is 10.7. The summed E-state index contributed by atoms with van der Waals surface area (Å²) in [5.74, 6) is -0.187. The minimum absolute atomic E-state index is 0.187. The number of hydrogen-bond acceptors (Lipinski definition) is 3. The SMILES string of the molecule is CC(=O)c1ccc(=O)n(O)c1. The highest BCUT2D eigenvalue weighted by Gasteiger charge is 1.99. The summed E-state index contributed by atoms with van der Waals surface area (Å²) in [5.41, 5.74) is -0.234. The van der Waals surface area contributed by atoms with E-state index in [2.05, 4.69) is 0 Å². The normalized spacial score (nSPS) is 9.55. The summed E-state index contributed by atoms with van der Waals surface area (Å²) in [4.78, 5) is 21.3. The smallest absolute Gasteiger partial charge is 0.282 e. The maximum Gasteiger partial charge on any atom is 0.282 e. The van der Waals surface area contributed by atoms with Crippen molar-refractivity contribution in [3.63, 3.8) is 0 Å². The van der Waals surface area contributed by atoms with Crippen molar-refractivity contribution in [3.8, 4) is 0 Å². The average Bonchev–Trinajstić information content (AvgIpc) is 1.94. The molecule has 0 aromatic carbocycles. The van der Waals surface area contributed by atoms with Crippen LogP contribution in [0.3, 0.4) is 0 Å². The molecule has 1 aromatic rings. The van der Waals surface area contributed by atoms with E-state index in [0.29, 0.717) is 10.3 Å². The lowest BCUT2D eigenvalue weighted by Crippen LogP contribution is -2.16. The number of rotatable bonds is 1. The second-order valence-corrected chi connectivity index (χ2v) is 2.16. The minimum Gasteiger partial charge on any atom is -0.425 e. The molecule has 58 valence electrons. The van der Waals surface area contributed by atoms with Gasteiger partial charge in [0.2, 0.25) is 0 Å². The van der Waals surface area contributed by atoms with Crippen LogP contribution in [0.2, 0.25) is 0 Å². The van der Waals surface area contributed by atoms with E-state index >= 15 is 0 Å². The summed E-state index contributed by atoms with van der Waals surface area (Å²) in [6.07, 6.45) is 1.09. The standard InChI is InChI=1S/C7H7NO3/c1-5(9)6-2-3-7(10)8(11)4-6/h2-4,11H,1H3. The van der Waals surface area contributed by atoms with Crippen LogP contribution in [-0.2, 0) is 0 Å². The van der Waals surface area contributed by atoms with E-state index in [0.717, 1.165) is 12.3 Å². The van der Waals surface area contributed by atoms with Gasteiger partial charge >= 0.3 is 0 Å². The number of Topliss-reactive ketones (excluding diaryl/α,β-unsaturated/α-hetero) is 1. The Morgan fingerprint density at radius 2 is 2.18 bits per heavy atom. The number of carbonyl (C=O) groups is 1. The van der Waals surface area contributed by atoms with E-state index < -0.39 is 5.56 Å². The average molecular weight is 153 g/mol. The van der Waals surface area contributed by atoms with Gasteiger partial charge < -0.3 is 5.21 Å². The van der Waals surface area contributed by atoms with Crippen LogP contribution >= 0.6 is 0 Å². The van der Waals surface area contributed by atoms with Crippen LogP contribution in [0, 0.1) is 0 Å². The molecule has 0 radical (unpaired) electrons. The predicted octanol–water partition coefficient (Wildman–Crippen LogP) is 0.288. The van der Waals surface area contributed by atoms with Gasteiger partial charge in [-0.15, -0.1) is 0 Å². The molecule has 1 rings (SSSR count). The fourth-order valence-electron chi connectivity index (χ4n) is 0.684. The summed E-state index contributed by atoms with van der Waals surface area (Å²) in [7, 11) is 0. The lowest BCUT2D eigenvalue weighted by atomic mass is 10.2. The summed E-state index contributed by atoms with van der Waals surface area (Å²) in [5, 5.41) is 8.80. The molecule has 0 aliphatic heterocycles. The lowest BCUT2D eigenvalue weighted by molar-refractivity contribution is 0.101. The van der Waals surface area contributed by atoms with E-state index in [4.69, 9.17) is 5.21 Å². The number of carbonyl (C=O) groups excluding carboxylic acids is 1. The highest BCUT2D eigenvalue weighted by molar-refractivity contribution is 5.93. The summed E-state index contributed by atoms with van der Waals surface area (Å²) < 4.78 is 0.386. The molecule has 0 saturated heterocycles. The van der Waals surface area contributed by atoms with Crippen LogP contribution in [0.4, 0.5) is 0 Å². The molecule has 0 bridgehead atoms. The molecular formula is C7H7NO3. The number of nitrogens with zero attached hydrogens (tertiary/aromatic N) is 1. The van der Waals surface area contributed by atoms with Gasteiger partial charge in [-0.2, -0.15) is 4.73 Å².